The van der Waals surface area contributed by atoms with Gasteiger partial charge in [-0.2, -0.15) is 0 Å². The molecule has 0 atom stereocenters. The Morgan fingerprint density at radius 2 is 2.39 bits per heavy atom. The Morgan fingerprint density at radius 1 is 1.44 bits per heavy atom. The highest BCUT2D eigenvalue weighted by Crippen LogP contribution is 2.18. The average Bonchev–Trinajstić information content (AvgIpc) is 2.86. The predicted molar refractivity (Wildman–Crippen MR) is 70.2 cm³/mol. The Morgan fingerprint density at radius 3 is 3.17 bits per heavy atom. The molecule has 1 N–H and O–H groups in total. The largest absolute Gasteiger partial charge is 0.315 e. The molecule has 0 fully saturated rings. The molecule has 2 aromatic heterocycles. The molecule has 2 rings (SSSR count). The van der Waals surface area contributed by atoms with E-state index in [-0.39, 0.29) is 0 Å². The lowest BCUT2D eigenvalue weighted by molar-refractivity contribution is 0.517. The highest BCUT2D eigenvalue weighted by atomic mass is 32.2. The number of hydrogen-bond acceptors (Lipinski definition) is 6. The number of hydrogen-bond donors (Lipinski definition) is 1. The lowest BCUT2D eigenvalue weighted by atomic mass is 10.3. The average molecular weight is 264 g/mol. The van der Waals surface area contributed by atoms with Crippen LogP contribution >= 0.6 is 11.8 Å². The van der Waals surface area contributed by atoms with E-state index in [1.165, 1.54) is 5.56 Å². The molecule has 96 valence electrons. The first-order chi connectivity index (χ1) is 8.90. The number of nitrogens with zero attached hydrogens (tertiary/aromatic N) is 5. The van der Waals surface area contributed by atoms with Crippen molar-refractivity contribution in [2.24, 2.45) is 0 Å². The summed E-state index contributed by atoms with van der Waals surface area (Å²) in [7, 11) is 0. The summed E-state index contributed by atoms with van der Waals surface area (Å²) in [6.07, 6.45) is 3.63. The van der Waals surface area contributed by atoms with Crippen molar-refractivity contribution in [3.05, 3.63) is 30.1 Å². The fourth-order valence-corrected chi connectivity index (χ4v) is 2.27. The van der Waals surface area contributed by atoms with Crippen LogP contribution in [0.1, 0.15) is 12.5 Å². The summed E-state index contributed by atoms with van der Waals surface area (Å²) in [6.45, 7) is 4.70. The maximum atomic E-state index is 4.09. The first kappa shape index (κ1) is 13.0. The summed E-state index contributed by atoms with van der Waals surface area (Å²) >= 11 is 1.62. The second kappa shape index (κ2) is 7.07. The number of rotatable bonds is 7. The normalized spacial score (nSPS) is 10.7. The van der Waals surface area contributed by atoms with Gasteiger partial charge in [0.05, 0.1) is 6.54 Å². The molecular weight excluding hydrogens is 248 g/mol. The maximum absolute atomic E-state index is 4.09. The number of nitrogens with one attached hydrogen (secondary N) is 1. The Bertz CT molecular complexity index is 458. The fourth-order valence-electron chi connectivity index (χ4n) is 1.43. The molecule has 0 aliphatic rings. The van der Waals surface area contributed by atoms with Crippen LogP contribution in [0.15, 0.2) is 29.7 Å². The molecule has 0 saturated carbocycles. The van der Waals surface area contributed by atoms with Crippen LogP contribution < -0.4 is 5.32 Å². The van der Waals surface area contributed by atoms with Gasteiger partial charge in [0, 0.05) is 24.7 Å². The molecule has 0 bridgehead atoms. The van der Waals surface area contributed by atoms with Crippen molar-refractivity contribution in [1.29, 1.82) is 0 Å². The van der Waals surface area contributed by atoms with Gasteiger partial charge in [-0.25, -0.2) is 4.68 Å². The van der Waals surface area contributed by atoms with Gasteiger partial charge in [-0.1, -0.05) is 24.8 Å². The van der Waals surface area contributed by atoms with E-state index in [1.54, 1.807) is 18.0 Å². The Balaban J connectivity index is 1.87. The molecule has 0 aliphatic heterocycles. The van der Waals surface area contributed by atoms with Crippen LogP contribution in [0.4, 0.5) is 0 Å². The molecule has 7 heteroatoms. The third-order valence-electron chi connectivity index (χ3n) is 2.34. The van der Waals surface area contributed by atoms with E-state index in [0.717, 1.165) is 30.5 Å². The monoisotopic (exact) mass is 264 g/mol. The minimum absolute atomic E-state index is 0.788. The van der Waals surface area contributed by atoms with Gasteiger partial charge in [0.2, 0.25) is 5.16 Å². The van der Waals surface area contributed by atoms with E-state index in [0.29, 0.717) is 0 Å². The number of likely N-dealkylation sites (N-methyl/N-ethyl adjacent to an activating group) is 1. The number of tetrazole rings is 1. The molecule has 18 heavy (non-hydrogen) atoms. The molecule has 0 spiro atoms. The lowest BCUT2D eigenvalue weighted by Gasteiger charge is -2.04. The lowest BCUT2D eigenvalue weighted by Crippen LogP contribution is -2.20. The van der Waals surface area contributed by atoms with Gasteiger partial charge in [0.15, 0.2) is 0 Å². The molecule has 2 heterocycles. The van der Waals surface area contributed by atoms with Crippen LogP contribution in [-0.2, 0) is 12.3 Å². The fraction of sp³-hybridized carbons (Fsp3) is 0.455. The zero-order chi connectivity index (χ0) is 12.6. The summed E-state index contributed by atoms with van der Waals surface area (Å²) in [6, 6.07) is 3.98. The summed E-state index contributed by atoms with van der Waals surface area (Å²) in [5.74, 6) is 0.829. The Labute approximate surface area is 110 Å². The molecular formula is C11H16N6S. The first-order valence-electron chi connectivity index (χ1n) is 5.88. The van der Waals surface area contributed by atoms with E-state index in [9.17, 15) is 0 Å². The van der Waals surface area contributed by atoms with E-state index in [2.05, 4.69) is 32.7 Å². The van der Waals surface area contributed by atoms with Gasteiger partial charge < -0.3 is 5.32 Å². The molecule has 0 aliphatic carbocycles. The van der Waals surface area contributed by atoms with Gasteiger partial charge in [0.25, 0.3) is 0 Å². The van der Waals surface area contributed by atoms with Gasteiger partial charge in [-0.15, -0.1) is 5.10 Å². The van der Waals surface area contributed by atoms with Crippen molar-refractivity contribution in [3.8, 4) is 0 Å². The van der Waals surface area contributed by atoms with Crippen LogP contribution in [-0.4, -0.2) is 38.3 Å². The molecule has 0 amide bonds. The number of thioether (sulfide) groups is 1. The molecule has 6 nitrogen and oxygen atoms in total. The van der Waals surface area contributed by atoms with Crippen LogP contribution in [0, 0.1) is 0 Å². The highest BCUT2D eigenvalue weighted by molar-refractivity contribution is 7.98. The second-order valence-corrected chi connectivity index (χ2v) is 4.63. The molecule has 2 aromatic rings. The molecule has 0 saturated heterocycles. The van der Waals surface area contributed by atoms with Crippen LogP contribution in [0.5, 0.6) is 0 Å². The van der Waals surface area contributed by atoms with Gasteiger partial charge in [0.1, 0.15) is 0 Å². The minimum atomic E-state index is 0.788. The topological polar surface area (TPSA) is 68.5 Å². The van der Waals surface area contributed by atoms with Crippen LogP contribution in [0.2, 0.25) is 0 Å². The van der Waals surface area contributed by atoms with Crippen molar-refractivity contribution in [2.75, 3.05) is 13.1 Å². The van der Waals surface area contributed by atoms with Gasteiger partial charge >= 0.3 is 0 Å². The summed E-state index contributed by atoms with van der Waals surface area (Å²) in [5.41, 5.74) is 1.17. The van der Waals surface area contributed by atoms with Crippen LogP contribution in [0.25, 0.3) is 0 Å². The summed E-state index contributed by atoms with van der Waals surface area (Å²) < 4.78 is 1.82. The highest BCUT2D eigenvalue weighted by Gasteiger charge is 2.06. The van der Waals surface area contributed by atoms with Crippen molar-refractivity contribution in [1.82, 2.24) is 30.5 Å². The molecule has 0 aromatic carbocycles. The molecule has 0 unspecified atom stereocenters. The number of aromatic nitrogens is 5. The third-order valence-corrected chi connectivity index (χ3v) is 3.37. The summed E-state index contributed by atoms with van der Waals surface area (Å²) in [4.78, 5) is 4.09. The SMILES string of the molecule is CCNCCn1nnnc1SCc1cccnc1. The molecule has 0 radical (unpaired) electrons. The van der Waals surface area contributed by atoms with Crippen molar-refractivity contribution >= 4 is 11.8 Å². The van der Waals surface area contributed by atoms with Gasteiger partial charge in [-0.05, 0) is 28.6 Å². The Hall–Kier alpha value is -1.47. The minimum Gasteiger partial charge on any atom is -0.315 e. The van der Waals surface area contributed by atoms with Gasteiger partial charge in [-0.3, -0.25) is 4.98 Å². The van der Waals surface area contributed by atoms with E-state index < -0.39 is 0 Å². The quantitative estimate of drug-likeness (QED) is 0.593. The van der Waals surface area contributed by atoms with E-state index in [1.807, 2.05) is 23.0 Å². The third kappa shape index (κ3) is 3.78. The zero-order valence-electron chi connectivity index (χ0n) is 10.3. The van der Waals surface area contributed by atoms with E-state index in [4.69, 9.17) is 0 Å². The van der Waals surface area contributed by atoms with Crippen molar-refractivity contribution in [2.45, 2.75) is 24.4 Å². The van der Waals surface area contributed by atoms with Crippen LogP contribution in [0.3, 0.4) is 0 Å². The maximum Gasteiger partial charge on any atom is 0.209 e. The standard InChI is InChI=1S/C11H16N6S/c1-2-12-6-7-17-11(14-15-16-17)18-9-10-4-3-5-13-8-10/h3-5,8,12H,2,6-7,9H2,1H3. The van der Waals surface area contributed by atoms with Crippen molar-refractivity contribution in [3.63, 3.8) is 0 Å². The van der Waals surface area contributed by atoms with E-state index >= 15 is 0 Å². The number of pyridine rings is 1. The first-order valence-corrected chi connectivity index (χ1v) is 6.87. The van der Waals surface area contributed by atoms with Crippen molar-refractivity contribution < 1.29 is 0 Å². The Kier molecular flexibility index (Phi) is 5.10. The summed E-state index contributed by atoms with van der Waals surface area (Å²) in [5, 5.41) is 15.8. The predicted octanol–water partition coefficient (Wildman–Crippen LogP) is 0.970. The smallest absolute Gasteiger partial charge is 0.209 e. The zero-order valence-corrected chi connectivity index (χ0v) is 11.1. The second-order valence-electron chi connectivity index (χ2n) is 3.69.